The Morgan fingerprint density at radius 1 is 1.24 bits per heavy atom. The largest absolute Gasteiger partial charge is 0.481 e. The summed E-state index contributed by atoms with van der Waals surface area (Å²) < 4.78 is 0. The molecule has 5 atom stereocenters. The van der Waals surface area contributed by atoms with Crippen LogP contribution in [-0.2, 0) is 4.79 Å². The highest BCUT2D eigenvalue weighted by Crippen LogP contribution is 2.54. The molecule has 2 N–H and O–H groups in total. The predicted molar refractivity (Wildman–Crippen MR) is 106 cm³/mol. The van der Waals surface area contributed by atoms with Crippen LogP contribution in [-0.4, -0.2) is 32.8 Å². The molecule has 3 fully saturated rings. The van der Waals surface area contributed by atoms with Gasteiger partial charge in [0, 0.05) is 16.9 Å². The van der Waals surface area contributed by atoms with Gasteiger partial charge in [0.05, 0.1) is 6.10 Å². The molecule has 0 amide bonds. The van der Waals surface area contributed by atoms with Crippen molar-refractivity contribution < 1.29 is 15.0 Å². The summed E-state index contributed by atoms with van der Waals surface area (Å²) in [6.07, 6.45) is 18.4. The van der Waals surface area contributed by atoms with Gasteiger partial charge in [-0.2, -0.15) is 11.8 Å². The van der Waals surface area contributed by atoms with E-state index >= 15 is 0 Å². The van der Waals surface area contributed by atoms with Crippen LogP contribution in [0.5, 0.6) is 0 Å². The molecule has 2 saturated heterocycles. The van der Waals surface area contributed by atoms with E-state index in [0.29, 0.717) is 11.8 Å². The van der Waals surface area contributed by atoms with Gasteiger partial charge in [-0.15, -0.1) is 0 Å². The number of aliphatic hydroxyl groups excluding tert-OH is 1. The average molecular weight is 367 g/mol. The maximum atomic E-state index is 10.5. The molecule has 0 aromatic rings. The molecule has 3 nitrogen and oxygen atoms in total. The lowest BCUT2D eigenvalue weighted by atomic mass is 9.75. The molecule has 1 aliphatic carbocycles. The Balaban J connectivity index is 1.76. The van der Waals surface area contributed by atoms with Crippen molar-refractivity contribution in [3.63, 3.8) is 0 Å². The third-order valence-corrected chi connectivity index (χ3v) is 7.11. The summed E-state index contributed by atoms with van der Waals surface area (Å²) in [6, 6.07) is 0. The van der Waals surface area contributed by atoms with Crippen LogP contribution in [0, 0.1) is 11.8 Å². The van der Waals surface area contributed by atoms with Crippen molar-refractivity contribution in [2.45, 2.75) is 87.7 Å². The van der Waals surface area contributed by atoms with Gasteiger partial charge in [0.15, 0.2) is 0 Å². The lowest BCUT2D eigenvalue weighted by Gasteiger charge is -2.49. The van der Waals surface area contributed by atoms with E-state index in [1.54, 1.807) is 0 Å². The van der Waals surface area contributed by atoms with Crippen LogP contribution < -0.4 is 0 Å². The molecular formula is C21H34O3S. The number of hydrogen-bond acceptors (Lipinski definition) is 3. The second-order valence-corrected chi connectivity index (χ2v) is 9.08. The highest BCUT2D eigenvalue weighted by atomic mass is 32.2. The number of carboxylic acid groups (broad SMARTS) is 1. The Labute approximate surface area is 157 Å². The van der Waals surface area contributed by atoms with Gasteiger partial charge >= 0.3 is 5.97 Å². The summed E-state index contributed by atoms with van der Waals surface area (Å²) in [5.74, 6) is 0.555. The van der Waals surface area contributed by atoms with Gasteiger partial charge in [0.1, 0.15) is 0 Å². The minimum absolute atomic E-state index is 0.259. The van der Waals surface area contributed by atoms with E-state index in [9.17, 15) is 9.90 Å². The number of aliphatic carboxylic acids is 1. The molecule has 0 radical (unpaired) electrons. The molecule has 4 heteroatoms. The number of unbranched alkanes of at least 4 members (excludes halogenated alkanes) is 3. The summed E-state index contributed by atoms with van der Waals surface area (Å²) in [6.45, 7) is 2.19. The number of carbonyl (C=O) groups is 1. The molecule has 142 valence electrons. The van der Waals surface area contributed by atoms with Gasteiger partial charge in [-0.25, -0.2) is 0 Å². The first kappa shape index (κ1) is 20.6. The van der Waals surface area contributed by atoms with Gasteiger partial charge in [-0.05, 0) is 50.4 Å². The van der Waals surface area contributed by atoms with E-state index < -0.39 is 5.97 Å². The van der Waals surface area contributed by atoms with Gasteiger partial charge in [0.2, 0.25) is 0 Å². The SMILES string of the molecule is CCCCC[C@H](O)C=CC1C[C@H]2C[C@H](S2)[C@@H]1CC=CCCCC(=O)O. The minimum atomic E-state index is -0.708. The molecule has 25 heavy (non-hydrogen) atoms. The van der Waals surface area contributed by atoms with E-state index in [1.807, 2.05) is 6.08 Å². The van der Waals surface area contributed by atoms with Crippen molar-refractivity contribution in [2.24, 2.45) is 11.8 Å². The molecule has 0 spiro atoms. The zero-order valence-electron chi connectivity index (χ0n) is 15.5. The fourth-order valence-corrected chi connectivity index (χ4v) is 5.58. The highest BCUT2D eigenvalue weighted by molar-refractivity contribution is 8.01. The molecule has 1 unspecified atom stereocenters. The summed E-state index contributed by atoms with van der Waals surface area (Å²) in [7, 11) is 0. The van der Waals surface area contributed by atoms with Crippen molar-refractivity contribution >= 4 is 17.7 Å². The minimum Gasteiger partial charge on any atom is -0.481 e. The number of rotatable bonds is 12. The maximum Gasteiger partial charge on any atom is 0.303 e. The molecule has 0 aromatic heterocycles. The third-order valence-electron chi connectivity index (χ3n) is 5.45. The fraction of sp³-hybridized carbons (Fsp3) is 0.762. The molecule has 3 aliphatic rings. The van der Waals surface area contributed by atoms with E-state index in [-0.39, 0.29) is 12.5 Å². The fourth-order valence-electron chi connectivity index (χ4n) is 3.94. The van der Waals surface area contributed by atoms with Crippen molar-refractivity contribution in [3.8, 4) is 0 Å². The van der Waals surface area contributed by atoms with E-state index in [2.05, 4.69) is 36.9 Å². The summed E-state index contributed by atoms with van der Waals surface area (Å²) >= 11 is 2.14. The highest BCUT2D eigenvalue weighted by Gasteiger charge is 2.44. The first-order valence-electron chi connectivity index (χ1n) is 9.98. The Kier molecular flexibility index (Phi) is 9.11. The Bertz CT molecular complexity index is 454. The normalized spacial score (nSPS) is 29.8. The smallest absolute Gasteiger partial charge is 0.303 e. The van der Waals surface area contributed by atoms with E-state index in [4.69, 9.17) is 5.11 Å². The van der Waals surface area contributed by atoms with Gasteiger partial charge < -0.3 is 10.2 Å². The van der Waals surface area contributed by atoms with Gasteiger partial charge in [-0.3, -0.25) is 4.79 Å². The Morgan fingerprint density at radius 2 is 2.04 bits per heavy atom. The molecule has 2 heterocycles. The predicted octanol–water partition coefficient (Wildman–Crippen LogP) is 5.20. The van der Waals surface area contributed by atoms with Crippen LogP contribution in [0.15, 0.2) is 24.3 Å². The Hall–Kier alpha value is -0.740. The average Bonchev–Trinajstić information content (AvgIpc) is 2.55. The van der Waals surface area contributed by atoms with Gasteiger partial charge in [-0.1, -0.05) is 50.5 Å². The zero-order chi connectivity index (χ0) is 18.1. The maximum absolute atomic E-state index is 10.5. The summed E-state index contributed by atoms with van der Waals surface area (Å²) in [5.41, 5.74) is 0. The van der Waals surface area contributed by atoms with Crippen molar-refractivity contribution in [1.29, 1.82) is 0 Å². The van der Waals surface area contributed by atoms with Crippen molar-refractivity contribution in [3.05, 3.63) is 24.3 Å². The standard InChI is InChI=1S/C21H34O3S/c1-2-3-6-9-17(22)13-12-16-14-18-15-20(25-18)19(16)10-7-4-5-8-11-21(23)24/h4,7,12-13,16-20,22H,2-3,5-6,8-11,14-15H2,1H3,(H,23,24)/t16?,17-,18-,19+,20-/m0/s1. The summed E-state index contributed by atoms with van der Waals surface area (Å²) in [5, 5.41) is 20.4. The number of allylic oxidation sites excluding steroid dienone is 3. The Morgan fingerprint density at radius 3 is 2.76 bits per heavy atom. The lowest BCUT2D eigenvalue weighted by molar-refractivity contribution is -0.137. The summed E-state index contributed by atoms with van der Waals surface area (Å²) in [4.78, 5) is 10.5. The number of aliphatic hydroxyl groups is 1. The van der Waals surface area contributed by atoms with Crippen LogP contribution in [0.1, 0.15) is 71.1 Å². The van der Waals surface area contributed by atoms with Crippen LogP contribution in [0.3, 0.4) is 0 Å². The molecule has 2 bridgehead atoms. The second-order valence-electron chi connectivity index (χ2n) is 7.54. The molecule has 0 aromatic carbocycles. The first-order chi connectivity index (χ1) is 12.1. The van der Waals surface area contributed by atoms with E-state index in [1.165, 1.54) is 25.7 Å². The van der Waals surface area contributed by atoms with E-state index in [0.717, 1.165) is 42.6 Å². The van der Waals surface area contributed by atoms with Crippen LogP contribution in [0.2, 0.25) is 0 Å². The van der Waals surface area contributed by atoms with Crippen LogP contribution in [0.25, 0.3) is 0 Å². The molecular weight excluding hydrogens is 332 g/mol. The first-order valence-corrected chi connectivity index (χ1v) is 10.9. The number of carboxylic acids is 1. The topological polar surface area (TPSA) is 57.5 Å². The van der Waals surface area contributed by atoms with Crippen molar-refractivity contribution in [2.75, 3.05) is 0 Å². The quantitative estimate of drug-likeness (QED) is 0.368. The zero-order valence-corrected chi connectivity index (χ0v) is 16.3. The van der Waals surface area contributed by atoms with Crippen molar-refractivity contribution in [1.82, 2.24) is 0 Å². The molecule has 2 aliphatic heterocycles. The second kappa shape index (κ2) is 11.1. The lowest BCUT2D eigenvalue weighted by Crippen LogP contribution is -2.44. The number of fused-ring (bicyclic) bond motifs is 2. The molecule has 3 rings (SSSR count). The monoisotopic (exact) mass is 366 g/mol. The van der Waals surface area contributed by atoms with Gasteiger partial charge in [0.25, 0.3) is 0 Å². The number of hydrogen-bond donors (Lipinski definition) is 2. The third kappa shape index (κ3) is 7.18. The van der Waals surface area contributed by atoms with Crippen LogP contribution in [0.4, 0.5) is 0 Å². The number of thioether (sulfide) groups is 1. The molecule has 1 saturated carbocycles. The van der Waals surface area contributed by atoms with Crippen LogP contribution >= 0.6 is 11.8 Å².